The number of hydrogen-bond donors (Lipinski definition) is 1. The highest BCUT2D eigenvalue weighted by atomic mass is 32.1. The number of hydrogen-bond acceptors (Lipinski definition) is 2. The normalized spacial score (nSPS) is 17.5. The second kappa shape index (κ2) is 5.53. The van der Waals surface area contributed by atoms with Crippen molar-refractivity contribution in [1.82, 2.24) is 10.2 Å². The van der Waals surface area contributed by atoms with Gasteiger partial charge in [0, 0.05) is 6.54 Å². The Morgan fingerprint density at radius 2 is 1.95 bits per heavy atom. The lowest BCUT2D eigenvalue weighted by atomic mass is 10.0. The summed E-state index contributed by atoms with van der Waals surface area (Å²) in [6, 6.07) is 8.22. The van der Waals surface area contributed by atoms with Crippen LogP contribution in [0.25, 0.3) is 6.08 Å². The van der Waals surface area contributed by atoms with E-state index < -0.39 is 0 Å². The molecule has 1 fully saturated rings. The molecule has 0 saturated carbocycles. The van der Waals surface area contributed by atoms with Gasteiger partial charge in [0.2, 0.25) is 0 Å². The van der Waals surface area contributed by atoms with Gasteiger partial charge in [-0.1, -0.05) is 38.1 Å². The molecule has 3 nitrogen and oxygen atoms in total. The summed E-state index contributed by atoms with van der Waals surface area (Å²) in [5, 5.41) is 3.44. The number of nitrogens with zero attached hydrogens (tertiary/aromatic N) is 1. The smallest absolute Gasteiger partial charge is 0.276 e. The summed E-state index contributed by atoms with van der Waals surface area (Å²) in [5.74, 6) is 0.455. The Balaban J connectivity index is 2.22. The van der Waals surface area contributed by atoms with E-state index in [1.54, 1.807) is 4.90 Å². The van der Waals surface area contributed by atoms with Gasteiger partial charge >= 0.3 is 0 Å². The molecule has 1 aliphatic rings. The molecule has 0 aromatic heterocycles. The Hall–Kier alpha value is -1.68. The number of nitrogens with one attached hydrogen (secondary N) is 1. The van der Waals surface area contributed by atoms with Gasteiger partial charge in [-0.05, 0) is 42.3 Å². The maximum atomic E-state index is 12.0. The van der Waals surface area contributed by atoms with Crippen molar-refractivity contribution in [3.63, 3.8) is 0 Å². The lowest BCUT2D eigenvalue weighted by Gasteiger charge is -2.08. The second-order valence-electron chi connectivity index (χ2n) is 4.86. The minimum atomic E-state index is -0.0552. The molecule has 1 N–H and O–H groups in total. The molecule has 1 saturated heterocycles. The van der Waals surface area contributed by atoms with Crippen molar-refractivity contribution in [3.8, 4) is 0 Å². The topological polar surface area (TPSA) is 32.3 Å². The summed E-state index contributed by atoms with van der Waals surface area (Å²) in [4.78, 5) is 13.6. The molecule has 0 spiro atoms. The maximum absolute atomic E-state index is 12.0. The van der Waals surface area contributed by atoms with Gasteiger partial charge < -0.3 is 5.32 Å². The Morgan fingerprint density at radius 1 is 1.32 bits per heavy atom. The number of thiocarbonyl (C=S) groups is 1. The first-order valence-electron chi connectivity index (χ1n) is 6.47. The molecule has 1 aliphatic heterocycles. The molecule has 1 aromatic rings. The fraction of sp³-hybridized carbons (Fsp3) is 0.333. The fourth-order valence-corrected chi connectivity index (χ4v) is 2.32. The summed E-state index contributed by atoms with van der Waals surface area (Å²) in [7, 11) is 0. The zero-order chi connectivity index (χ0) is 14.0. The van der Waals surface area contributed by atoms with Crippen molar-refractivity contribution in [3.05, 3.63) is 41.1 Å². The van der Waals surface area contributed by atoms with Crippen LogP contribution < -0.4 is 5.32 Å². The lowest BCUT2D eigenvalue weighted by Crippen LogP contribution is -2.30. The Bertz CT molecular complexity index is 532. The molecule has 1 heterocycles. The van der Waals surface area contributed by atoms with Crippen LogP contribution in [0.1, 0.15) is 37.8 Å². The number of amides is 1. The predicted molar refractivity (Wildman–Crippen MR) is 81.6 cm³/mol. The molecule has 0 atom stereocenters. The van der Waals surface area contributed by atoms with Gasteiger partial charge in [-0.25, -0.2) is 0 Å². The number of likely N-dealkylation sites (N-methyl/N-ethyl adjacent to an activating group) is 1. The average molecular weight is 274 g/mol. The van der Waals surface area contributed by atoms with Crippen molar-refractivity contribution < 1.29 is 4.79 Å². The molecule has 4 heteroatoms. The number of carbonyl (C=O) groups excluding carboxylic acids is 1. The summed E-state index contributed by atoms with van der Waals surface area (Å²) in [6.45, 7) is 6.82. The SMILES string of the molecule is CCN1C(=O)/C(=C/c2ccc(C(C)C)cc2)NC1=S. The summed E-state index contributed by atoms with van der Waals surface area (Å²) < 4.78 is 0. The van der Waals surface area contributed by atoms with E-state index in [2.05, 4.69) is 31.3 Å². The third kappa shape index (κ3) is 2.84. The number of rotatable bonds is 3. The molecule has 0 aliphatic carbocycles. The number of benzene rings is 1. The Morgan fingerprint density at radius 3 is 2.42 bits per heavy atom. The standard InChI is InChI=1S/C15H18N2OS/c1-4-17-14(18)13(16-15(17)19)9-11-5-7-12(8-6-11)10(2)3/h5-10H,4H2,1-3H3,(H,16,19)/b13-9-. The molecular weight excluding hydrogens is 256 g/mol. The first kappa shape index (κ1) is 13.7. The third-order valence-corrected chi connectivity index (χ3v) is 3.52. The highest BCUT2D eigenvalue weighted by Gasteiger charge is 2.28. The second-order valence-corrected chi connectivity index (χ2v) is 5.25. The van der Waals surface area contributed by atoms with Crippen molar-refractivity contribution in [2.24, 2.45) is 0 Å². The molecule has 19 heavy (non-hydrogen) atoms. The molecule has 1 aromatic carbocycles. The van der Waals surface area contributed by atoms with Crippen LogP contribution in [0.4, 0.5) is 0 Å². The van der Waals surface area contributed by atoms with E-state index >= 15 is 0 Å². The lowest BCUT2D eigenvalue weighted by molar-refractivity contribution is -0.122. The third-order valence-electron chi connectivity index (χ3n) is 3.19. The van der Waals surface area contributed by atoms with Gasteiger partial charge in [0.1, 0.15) is 5.70 Å². The molecule has 0 unspecified atom stereocenters. The zero-order valence-corrected chi connectivity index (χ0v) is 12.3. The fourth-order valence-electron chi connectivity index (χ4n) is 2.00. The van der Waals surface area contributed by atoms with Crippen LogP contribution in [0.5, 0.6) is 0 Å². The van der Waals surface area contributed by atoms with Crippen LogP contribution in [-0.2, 0) is 4.79 Å². The highest BCUT2D eigenvalue weighted by molar-refractivity contribution is 7.80. The molecule has 0 radical (unpaired) electrons. The van der Waals surface area contributed by atoms with Crippen molar-refractivity contribution in [2.75, 3.05) is 6.54 Å². The molecule has 100 valence electrons. The van der Waals surface area contributed by atoms with E-state index in [-0.39, 0.29) is 5.91 Å². The van der Waals surface area contributed by atoms with Crippen LogP contribution in [0.3, 0.4) is 0 Å². The van der Waals surface area contributed by atoms with Gasteiger partial charge in [-0.15, -0.1) is 0 Å². The van der Waals surface area contributed by atoms with Gasteiger partial charge in [-0.2, -0.15) is 0 Å². The quantitative estimate of drug-likeness (QED) is 0.679. The van der Waals surface area contributed by atoms with Crippen molar-refractivity contribution >= 4 is 29.3 Å². The molecule has 2 rings (SSSR count). The van der Waals surface area contributed by atoms with Crippen molar-refractivity contribution in [2.45, 2.75) is 26.7 Å². The minimum Gasteiger partial charge on any atom is -0.328 e. The van der Waals surface area contributed by atoms with Gasteiger partial charge in [0.25, 0.3) is 5.91 Å². The van der Waals surface area contributed by atoms with Gasteiger partial charge in [-0.3, -0.25) is 9.69 Å². The number of carbonyl (C=O) groups is 1. The molecule has 1 amide bonds. The van der Waals surface area contributed by atoms with Crippen LogP contribution in [-0.4, -0.2) is 22.5 Å². The van der Waals surface area contributed by atoms with Crippen LogP contribution in [0, 0.1) is 0 Å². The summed E-state index contributed by atoms with van der Waals surface area (Å²) in [6.07, 6.45) is 1.84. The van der Waals surface area contributed by atoms with E-state index in [9.17, 15) is 4.79 Å². The maximum Gasteiger partial charge on any atom is 0.276 e. The van der Waals surface area contributed by atoms with Crippen LogP contribution in [0.2, 0.25) is 0 Å². The van der Waals surface area contributed by atoms with Crippen molar-refractivity contribution in [1.29, 1.82) is 0 Å². The summed E-state index contributed by atoms with van der Waals surface area (Å²) in [5.41, 5.74) is 2.84. The van der Waals surface area contributed by atoms with E-state index in [1.807, 2.05) is 25.1 Å². The first-order valence-corrected chi connectivity index (χ1v) is 6.88. The Kier molecular flexibility index (Phi) is 4.00. The monoisotopic (exact) mass is 274 g/mol. The van der Waals surface area contributed by atoms with Crippen LogP contribution in [0.15, 0.2) is 30.0 Å². The van der Waals surface area contributed by atoms with E-state index in [4.69, 9.17) is 12.2 Å². The van der Waals surface area contributed by atoms with E-state index in [0.29, 0.717) is 23.3 Å². The molecule has 0 bridgehead atoms. The van der Waals surface area contributed by atoms with E-state index in [0.717, 1.165) is 5.56 Å². The minimum absolute atomic E-state index is 0.0552. The summed E-state index contributed by atoms with van der Waals surface area (Å²) >= 11 is 5.12. The average Bonchev–Trinajstić information content (AvgIpc) is 2.64. The first-order chi connectivity index (χ1) is 9.02. The predicted octanol–water partition coefficient (Wildman–Crippen LogP) is 2.89. The highest BCUT2D eigenvalue weighted by Crippen LogP contribution is 2.18. The largest absolute Gasteiger partial charge is 0.328 e. The van der Waals surface area contributed by atoms with Gasteiger partial charge in [0.15, 0.2) is 5.11 Å². The molecular formula is C15H18N2OS. The Labute approximate surface area is 119 Å². The zero-order valence-electron chi connectivity index (χ0n) is 11.4. The van der Waals surface area contributed by atoms with Gasteiger partial charge in [0.05, 0.1) is 0 Å². The van der Waals surface area contributed by atoms with E-state index in [1.165, 1.54) is 5.56 Å². The van der Waals surface area contributed by atoms with Crippen LogP contribution >= 0.6 is 12.2 Å².